The summed E-state index contributed by atoms with van der Waals surface area (Å²) in [4.78, 5) is 12.8. The van der Waals surface area contributed by atoms with E-state index in [9.17, 15) is 0 Å². The van der Waals surface area contributed by atoms with Crippen molar-refractivity contribution in [1.29, 1.82) is 0 Å². The first-order chi connectivity index (χ1) is 15.8. The highest BCUT2D eigenvalue weighted by Crippen LogP contribution is 2.41. The van der Waals surface area contributed by atoms with E-state index in [0.29, 0.717) is 23.2 Å². The van der Waals surface area contributed by atoms with Gasteiger partial charge in [0.1, 0.15) is 40.2 Å². The Morgan fingerprint density at radius 2 is 1.76 bits per heavy atom. The van der Waals surface area contributed by atoms with Crippen LogP contribution in [-0.2, 0) is 0 Å². The molecule has 0 amide bonds. The average molecular weight is 447 g/mol. The summed E-state index contributed by atoms with van der Waals surface area (Å²) in [6.45, 7) is 11.7. The molecule has 0 fully saturated rings. The Labute approximate surface area is 190 Å². The number of hydrogen-bond donors (Lipinski definition) is 2. The average Bonchev–Trinajstić information content (AvgIpc) is 3.41. The molecule has 5 aromatic rings. The van der Waals surface area contributed by atoms with E-state index in [1.165, 1.54) is 0 Å². The second-order valence-electron chi connectivity index (χ2n) is 8.54. The van der Waals surface area contributed by atoms with Crippen LogP contribution in [0.5, 0.6) is 5.75 Å². The van der Waals surface area contributed by atoms with Gasteiger partial charge in [0.25, 0.3) is 0 Å². The fourth-order valence-corrected chi connectivity index (χ4v) is 4.31. The van der Waals surface area contributed by atoms with E-state index in [-0.39, 0.29) is 5.92 Å². The largest absolute Gasteiger partial charge is 0.496 e. The number of rotatable bonds is 5. The lowest BCUT2D eigenvalue weighted by molar-refractivity contribution is 0.388. The van der Waals surface area contributed by atoms with Gasteiger partial charge in [0, 0.05) is 22.4 Å². The van der Waals surface area contributed by atoms with Gasteiger partial charge in [-0.25, -0.2) is 9.97 Å². The number of aromatic amines is 1. The molecule has 0 saturated carbocycles. The normalized spacial score (nSPS) is 11.8. The highest BCUT2D eigenvalue weighted by Gasteiger charge is 2.22. The molecule has 0 radical (unpaired) electrons. The smallest absolute Gasteiger partial charge is 0.157 e. The van der Waals surface area contributed by atoms with Gasteiger partial charge in [0.2, 0.25) is 0 Å². The first kappa shape index (κ1) is 21.0. The maximum absolute atomic E-state index is 5.78. The number of aryl methyl sites for hydroxylation is 4. The topological polar surface area (TPSA) is 115 Å². The van der Waals surface area contributed by atoms with E-state index in [1.54, 1.807) is 7.11 Å². The fourth-order valence-electron chi connectivity index (χ4n) is 4.31. The van der Waals surface area contributed by atoms with E-state index in [0.717, 1.165) is 55.9 Å². The lowest BCUT2D eigenvalue weighted by Gasteiger charge is -2.11. The monoisotopic (exact) mass is 446 g/mol. The van der Waals surface area contributed by atoms with Crippen molar-refractivity contribution in [2.24, 2.45) is 0 Å². The number of fused-ring (bicyclic) bond motifs is 3. The van der Waals surface area contributed by atoms with Gasteiger partial charge in [0.15, 0.2) is 5.76 Å². The van der Waals surface area contributed by atoms with Crippen molar-refractivity contribution in [3.63, 3.8) is 0 Å². The van der Waals surface area contributed by atoms with Crippen molar-refractivity contribution in [3.8, 4) is 16.9 Å². The van der Waals surface area contributed by atoms with Crippen LogP contribution in [0.4, 0.5) is 11.5 Å². The Hall–Kier alpha value is -3.88. The summed E-state index contributed by atoms with van der Waals surface area (Å²) in [5.41, 5.74) is 5.98. The molecule has 0 spiro atoms. The molecule has 0 aliphatic heterocycles. The number of aromatic nitrogens is 5. The van der Waals surface area contributed by atoms with Crippen molar-refractivity contribution in [1.82, 2.24) is 25.3 Å². The van der Waals surface area contributed by atoms with Crippen molar-refractivity contribution >= 4 is 33.4 Å². The summed E-state index contributed by atoms with van der Waals surface area (Å²) in [5, 5.41) is 13.6. The molecule has 9 heteroatoms. The molecule has 0 saturated heterocycles. The summed E-state index contributed by atoms with van der Waals surface area (Å²) in [6, 6.07) is 4.05. The number of nitrogens with one attached hydrogen (secondary N) is 2. The number of anilines is 2. The molecular formula is C24H26N6O3. The summed E-state index contributed by atoms with van der Waals surface area (Å²) < 4.78 is 16.6. The standard InChI is InChI=1S/C24H26N6O3/c1-10(2)21-22(13(5)33-30-21)28-24-20-15-9-18(31-7)16(19-11(3)29-32-12(19)4)8-17(15)27-23(20)25-14(6)26-24/h8-10H,1-7H3,(H2,25,26,27,28). The van der Waals surface area contributed by atoms with Crippen molar-refractivity contribution in [2.45, 2.75) is 47.5 Å². The summed E-state index contributed by atoms with van der Waals surface area (Å²) in [6.07, 6.45) is 0. The molecule has 4 aromatic heterocycles. The van der Waals surface area contributed by atoms with Crippen molar-refractivity contribution in [3.05, 3.63) is 40.9 Å². The molecule has 0 bridgehead atoms. The van der Waals surface area contributed by atoms with Gasteiger partial charge in [-0.05, 0) is 39.8 Å². The van der Waals surface area contributed by atoms with Gasteiger partial charge in [-0.2, -0.15) is 0 Å². The van der Waals surface area contributed by atoms with Crippen LogP contribution in [-0.4, -0.2) is 32.4 Å². The number of H-pyrrole nitrogens is 1. The van der Waals surface area contributed by atoms with E-state index < -0.39 is 0 Å². The zero-order valence-electron chi connectivity index (χ0n) is 19.7. The highest BCUT2D eigenvalue weighted by atomic mass is 16.5. The molecule has 1 aromatic carbocycles. The number of methoxy groups -OCH3 is 1. The van der Waals surface area contributed by atoms with Crippen LogP contribution in [0.3, 0.4) is 0 Å². The third-order valence-corrected chi connectivity index (χ3v) is 5.86. The molecule has 4 heterocycles. The van der Waals surface area contributed by atoms with E-state index in [4.69, 9.17) is 18.8 Å². The van der Waals surface area contributed by atoms with Crippen molar-refractivity contribution in [2.75, 3.05) is 12.4 Å². The molecule has 0 atom stereocenters. The zero-order chi connectivity index (χ0) is 23.4. The molecule has 9 nitrogen and oxygen atoms in total. The fraction of sp³-hybridized carbons (Fsp3) is 0.333. The number of nitrogens with zero attached hydrogens (tertiary/aromatic N) is 4. The first-order valence-electron chi connectivity index (χ1n) is 10.8. The number of ether oxygens (including phenoxy) is 1. The second kappa shape index (κ2) is 7.61. The summed E-state index contributed by atoms with van der Waals surface area (Å²) >= 11 is 0. The van der Waals surface area contributed by atoms with Crippen LogP contribution in [0.1, 0.15) is 48.5 Å². The van der Waals surface area contributed by atoms with Crippen LogP contribution >= 0.6 is 0 Å². The van der Waals surface area contributed by atoms with E-state index in [1.807, 2.05) is 39.8 Å². The maximum atomic E-state index is 5.78. The van der Waals surface area contributed by atoms with Crippen LogP contribution in [0.2, 0.25) is 0 Å². The van der Waals surface area contributed by atoms with Crippen LogP contribution in [0, 0.1) is 27.7 Å². The minimum atomic E-state index is 0.198. The molecule has 2 N–H and O–H groups in total. The minimum Gasteiger partial charge on any atom is -0.496 e. The maximum Gasteiger partial charge on any atom is 0.157 e. The highest BCUT2D eigenvalue weighted by molar-refractivity contribution is 6.13. The Kier molecular flexibility index (Phi) is 4.84. The Bertz CT molecular complexity index is 1490. The number of benzene rings is 1. The Morgan fingerprint density at radius 3 is 2.42 bits per heavy atom. The van der Waals surface area contributed by atoms with Crippen LogP contribution < -0.4 is 10.1 Å². The van der Waals surface area contributed by atoms with Gasteiger partial charge in [-0.3, -0.25) is 0 Å². The second-order valence-corrected chi connectivity index (χ2v) is 8.54. The third kappa shape index (κ3) is 3.31. The summed E-state index contributed by atoms with van der Waals surface area (Å²) in [7, 11) is 1.66. The number of hydrogen-bond acceptors (Lipinski definition) is 8. The molecule has 0 aliphatic rings. The molecular weight excluding hydrogens is 420 g/mol. The van der Waals surface area contributed by atoms with E-state index in [2.05, 4.69) is 39.4 Å². The van der Waals surface area contributed by atoms with Crippen LogP contribution in [0.15, 0.2) is 21.2 Å². The Balaban J connectivity index is 1.76. The molecule has 5 rings (SSSR count). The SMILES string of the molecule is COc1cc2c(cc1-c1c(C)noc1C)[nH]c1nc(C)nc(Nc3c(C(C)C)noc3C)c12. The lowest BCUT2D eigenvalue weighted by Crippen LogP contribution is -2.02. The first-order valence-corrected chi connectivity index (χ1v) is 10.8. The van der Waals surface area contributed by atoms with E-state index >= 15 is 0 Å². The summed E-state index contributed by atoms with van der Waals surface area (Å²) in [5.74, 6) is 3.70. The van der Waals surface area contributed by atoms with Gasteiger partial charge < -0.3 is 24.1 Å². The zero-order valence-corrected chi connectivity index (χ0v) is 19.7. The lowest BCUT2D eigenvalue weighted by atomic mass is 10.0. The minimum absolute atomic E-state index is 0.198. The molecule has 170 valence electrons. The Morgan fingerprint density at radius 1 is 1.00 bits per heavy atom. The predicted octanol–water partition coefficient (Wildman–Crippen LogP) is 5.86. The van der Waals surface area contributed by atoms with Gasteiger partial charge in [-0.15, -0.1) is 0 Å². The molecule has 0 aliphatic carbocycles. The third-order valence-electron chi connectivity index (χ3n) is 5.86. The van der Waals surface area contributed by atoms with Crippen LogP contribution in [0.25, 0.3) is 33.1 Å². The predicted molar refractivity (Wildman–Crippen MR) is 126 cm³/mol. The van der Waals surface area contributed by atoms with Crippen molar-refractivity contribution < 1.29 is 13.8 Å². The quantitative estimate of drug-likeness (QED) is 0.345. The van der Waals surface area contributed by atoms with Gasteiger partial charge in [0.05, 0.1) is 23.8 Å². The van der Waals surface area contributed by atoms with Gasteiger partial charge >= 0.3 is 0 Å². The van der Waals surface area contributed by atoms with Gasteiger partial charge in [-0.1, -0.05) is 24.2 Å². The molecule has 33 heavy (non-hydrogen) atoms. The molecule has 0 unspecified atom stereocenters.